The summed E-state index contributed by atoms with van der Waals surface area (Å²) < 4.78 is 0. The van der Waals surface area contributed by atoms with Gasteiger partial charge in [-0.05, 0) is 31.3 Å². The number of hydrogen-bond donors (Lipinski definition) is 2. The van der Waals surface area contributed by atoms with Gasteiger partial charge in [0.1, 0.15) is 0 Å². The monoisotopic (exact) mass is 344 g/mol. The maximum atomic E-state index is 12.4. The van der Waals surface area contributed by atoms with E-state index in [0.717, 1.165) is 31.9 Å². The zero-order valence-corrected chi connectivity index (χ0v) is 14.4. The first kappa shape index (κ1) is 16.6. The topological polar surface area (TPSA) is 61.6 Å². The predicted octanol–water partition coefficient (Wildman–Crippen LogP) is 2.93. The third-order valence-electron chi connectivity index (χ3n) is 4.24. The first-order valence-corrected chi connectivity index (χ1v) is 8.31. The van der Waals surface area contributed by atoms with Gasteiger partial charge in [0, 0.05) is 31.7 Å². The van der Waals surface area contributed by atoms with E-state index in [2.05, 4.69) is 22.2 Å². The average Bonchev–Trinajstić information content (AvgIpc) is 2.59. The fourth-order valence-corrected chi connectivity index (χ4v) is 3.00. The smallest absolute Gasteiger partial charge is 0.255 e. The molecule has 2 aromatic carbocycles. The molecule has 1 heterocycles. The van der Waals surface area contributed by atoms with Crippen LogP contribution in [0.3, 0.4) is 0 Å². The van der Waals surface area contributed by atoms with Gasteiger partial charge >= 0.3 is 0 Å². The van der Waals surface area contributed by atoms with Crippen LogP contribution in [0.1, 0.15) is 10.4 Å². The van der Waals surface area contributed by atoms with E-state index in [1.54, 1.807) is 18.2 Å². The van der Waals surface area contributed by atoms with Crippen LogP contribution in [0.15, 0.2) is 42.5 Å². The molecular weight excluding hydrogens is 324 g/mol. The van der Waals surface area contributed by atoms with Crippen LogP contribution in [0.5, 0.6) is 0 Å². The van der Waals surface area contributed by atoms with Crippen molar-refractivity contribution in [2.24, 2.45) is 0 Å². The van der Waals surface area contributed by atoms with Crippen LogP contribution in [0, 0.1) is 0 Å². The van der Waals surface area contributed by atoms with Crippen molar-refractivity contribution in [1.82, 2.24) is 4.90 Å². The lowest BCUT2D eigenvalue weighted by Crippen LogP contribution is -2.44. The number of nitrogens with one attached hydrogen (secondary N) is 1. The van der Waals surface area contributed by atoms with Gasteiger partial charge in [0.15, 0.2) is 0 Å². The van der Waals surface area contributed by atoms with E-state index < -0.39 is 0 Å². The van der Waals surface area contributed by atoms with Gasteiger partial charge in [-0.3, -0.25) is 4.79 Å². The number of nitrogens with two attached hydrogens (primary N) is 1. The van der Waals surface area contributed by atoms with E-state index in [-0.39, 0.29) is 5.91 Å². The molecule has 1 aliphatic rings. The number of anilines is 3. The van der Waals surface area contributed by atoms with Gasteiger partial charge in [0.25, 0.3) is 5.91 Å². The number of carbonyl (C=O) groups excluding carboxylic acids is 1. The second-order valence-electron chi connectivity index (χ2n) is 6.00. The van der Waals surface area contributed by atoms with E-state index >= 15 is 0 Å². The Morgan fingerprint density at radius 2 is 1.79 bits per heavy atom. The first-order chi connectivity index (χ1) is 11.5. The van der Waals surface area contributed by atoms with E-state index in [1.807, 2.05) is 24.3 Å². The van der Waals surface area contributed by atoms with Crippen LogP contribution in [0.25, 0.3) is 0 Å². The third-order valence-corrected chi connectivity index (χ3v) is 4.56. The highest BCUT2D eigenvalue weighted by Crippen LogP contribution is 2.34. The van der Waals surface area contributed by atoms with E-state index in [4.69, 9.17) is 17.3 Å². The zero-order valence-electron chi connectivity index (χ0n) is 13.6. The summed E-state index contributed by atoms with van der Waals surface area (Å²) in [6.07, 6.45) is 0. The lowest BCUT2D eigenvalue weighted by atomic mass is 10.1. The molecule has 1 saturated heterocycles. The van der Waals surface area contributed by atoms with Gasteiger partial charge in [0.2, 0.25) is 0 Å². The quantitative estimate of drug-likeness (QED) is 0.840. The Labute approximate surface area is 147 Å². The standard InChI is InChI=1S/C18H21ClN4O/c1-22-7-9-23(10-8-22)17-12-16(14(19)11-15(17)20)21-18(24)13-5-3-2-4-6-13/h2-6,11-12H,7-10,20H2,1H3,(H,21,24). The summed E-state index contributed by atoms with van der Waals surface area (Å²) in [5, 5.41) is 3.32. The van der Waals surface area contributed by atoms with Crippen LogP contribution < -0.4 is 16.0 Å². The maximum Gasteiger partial charge on any atom is 0.255 e. The van der Waals surface area contributed by atoms with E-state index in [1.165, 1.54) is 0 Å². The number of likely N-dealkylation sites (N-methyl/N-ethyl adjacent to an activating group) is 1. The molecule has 126 valence electrons. The Morgan fingerprint density at radius 3 is 2.46 bits per heavy atom. The van der Waals surface area contributed by atoms with Gasteiger partial charge in [0.05, 0.1) is 22.1 Å². The second kappa shape index (κ2) is 7.11. The average molecular weight is 345 g/mol. The van der Waals surface area contributed by atoms with Crippen molar-refractivity contribution in [2.75, 3.05) is 49.2 Å². The van der Waals surface area contributed by atoms with Crippen molar-refractivity contribution >= 4 is 34.6 Å². The van der Waals surface area contributed by atoms with Crippen molar-refractivity contribution in [3.05, 3.63) is 53.1 Å². The molecule has 0 unspecified atom stereocenters. The lowest BCUT2D eigenvalue weighted by Gasteiger charge is -2.35. The van der Waals surface area contributed by atoms with E-state index in [9.17, 15) is 4.79 Å². The van der Waals surface area contributed by atoms with Gasteiger partial charge in [-0.25, -0.2) is 0 Å². The molecule has 0 atom stereocenters. The number of amides is 1. The first-order valence-electron chi connectivity index (χ1n) is 7.93. The molecule has 24 heavy (non-hydrogen) atoms. The zero-order chi connectivity index (χ0) is 17.1. The van der Waals surface area contributed by atoms with Crippen LogP contribution in [-0.2, 0) is 0 Å². The Bertz CT molecular complexity index is 727. The normalized spacial score (nSPS) is 15.3. The highest BCUT2D eigenvalue weighted by atomic mass is 35.5. The number of nitrogen functional groups attached to an aromatic ring is 1. The molecule has 5 nitrogen and oxygen atoms in total. The molecule has 1 amide bonds. The molecule has 1 aliphatic heterocycles. The molecule has 3 rings (SSSR count). The summed E-state index contributed by atoms with van der Waals surface area (Å²) in [6, 6.07) is 12.6. The number of halogens is 1. The minimum absolute atomic E-state index is 0.188. The van der Waals surface area contributed by atoms with Crippen molar-refractivity contribution in [2.45, 2.75) is 0 Å². The summed E-state index contributed by atoms with van der Waals surface area (Å²) in [4.78, 5) is 16.9. The summed E-state index contributed by atoms with van der Waals surface area (Å²) in [6.45, 7) is 3.75. The van der Waals surface area contributed by atoms with Gasteiger partial charge in [-0.1, -0.05) is 29.8 Å². The molecule has 0 spiro atoms. The fourth-order valence-electron chi connectivity index (χ4n) is 2.78. The molecule has 3 N–H and O–H groups in total. The largest absolute Gasteiger partial charge is 0.397 e. The molecule has 0 aromatic heterocycles. The van der Waals surface area contributed by atoms with Crippen molar-refractivity contribution < 1.29 is 4.79 Å². The van der Waals surface area contributed by atoms with Crippen LogP contribution in [0.4, 0.5) is 17.1 Å². The van der Waals surface area contributed by atoms with Crippen molar-refractivity contribution in [3.63, 3.8) is 0 Å². The molecular formula is C18H21ClN4O. The number of benzene rings is 2. The summed E-state index contributed by atoms with van der Waals surface area (Å²) in [7, 11) is 2.11. The minimum atomic E-state index is -0.188. The Kier molecular flexibility index (Phi) is 4.92. The van der Waals surface area contributed by atoms with Crippen LogP contribution in [-0.4, -0.2) is 44.0 Å². The highest BCUT2D eigenvalue weighted by Gasteiger charge is 2.18. The number of hydrogen-bond acceptors (Lipinski definition) is 4. The van der Waals surface area contributed by atoms with Crippen molar-refractivity contribution in [1.29, 1.82) is 0 Å². The number of nitrogens with zero attached hydrogens (tertiary/aromatic N) is 2. The third kappa shape index (κ3) is 3.63. The number of piperazine rings is 1. The molecule has 2 aromatic rings. The van der Waals surface area contributed by atoms with Gasteiger partial charge in [-0.2, -0.15) is 0 Å². The second-order valence-corrected chi connectivity index (χ2v) is 6.41. The molecule has 0 bridgehead atoms. The predicted molar refractivity (Wildman–Crippen MR) is 100.0 cm³/mol. The fraction of sp³-hybridized carbons (Fsp3) is 0.278. The summed E-state index contributed by atoms with van der Waals surface area (Å²) in [5.74, 6) is -0.188. The summed E-state index contributed by atoms with van der Waals surface area (Å²) in [5.41, 5.74) is 8.85. The SMILES string of the molecule is CN1CCN(c2cc(NC(=O)c3ccccc3)c(Cl)cc2N)CC1. The Balaban J connectivity index is 1.83. The molecule has 1 fully saturated rings. The van der Waals surface area contributed by atoms with Crippen LogP contribution in [0.2, 0.25) is 5.02 Å². The van der Waals surface area contributed by atoms with Crippen LogP contribution >= 0.6 is 11.6 Å². The minimum Gasteiger partial charge on any atom is -0.397 e. The number of rotatable bonds is 3. The van der Waals surface area contributed by atoms with E-state index in [0.29, 0.717) is 22.0 Å². The lowest BCUT2D eigenvalue weighted by molar-refractivity contribution is 0.102. The highest BCUT2D eigenvalue weighted by molar-refractivity contribution is 6.34. The van der Waals surface area contributed by atoms with Gasteiger partial charge in [-0.15, -0.1) is 0 Å². The molecule has 6 heteroatoms. The summed E-state index contributed by atoms with van der Waals surface area (Å²) >= 11 is 6.27. The molecule has 0 saturated carbocycles. The molecule has 0 radical (unpaired) electrons. The van der Waals surface area contributed by atoms with Crippen molar-refractivity contribution in [3.8, 4) is 0 Å². The Hall–Kier alpha value is -2.24. The molecule has 0 aliphatic carbocycles. The maximum absolute atomic E-state index is 12.4. The Morgan fingerprint density at radius 1 is 1.12 bits per heavy atom. The number of carbonyl (C=O) groups is 1. The van der Waals surface area contributed by atoms with Gasteiger partial charge < -0.3 is 20.9 Å².